The SMILES string of the molecule is CC[C@H](NC(=O)N1CCN(CCN(C)C)CC1)C(=O)O. The van der Waals surface area contributed by atoms with Crippen molar-refractivity contribution in [2.45, 2.75) is 19.4 Å². The Balaban J connectivity index is 2.33. The summed E-state index contributed by atoms with van der Waals surface area (Å²) in [6.45, 7) is 6.72. The molecule has 1 atom stereocenters. The molecule has 1 saturated heterocycles. The highest BCUT2D eigenvalue weighted by Gasteiger charge is 2.24. The van der Waals surface area contributed by atoms with Crippen LogP contribution in [0.3, 0.4) is 0 Å². The van der Waals surface area contributed by atoms with Crippen LogP contribution >= 0.6 is 0 Å². The van der Waals surface area contributed by atoms with Gasteiger partial charge in [-0.25, -0.2) is 9.59 Å². The smallest absolute Gasteiger partial charge is 0.326 e. The van der Waals surface area contributed by atoms with Gasteiger partial charge in [-0.2, -0.15) is 0 Å². The minimum absolute atomic E-state index is 0.272. The van der Waals surface area contributed by atoms with Crippen LogP contribution in [0, 0.1) is 0 Å². The first-order valence-electron chi connectivity index (χ1n) is 7.09. The average molecular weight is 286 g/mol. The Morgan fingerprint density at radius 3 is 2.30 bits per heavy atom. The van der Waals surface area contributed by atoms with E-state index in [0.717, 1.165) is 26.2 Å². The van der Waals surface area contributed by atoms with Crippen LogP contribution in [0.2, 0.25) is 0 Å². The standard InChI is InChI=1S/C13H26N4O3/c1-4-11(12(18)19)14-13(20)17-9-7-16(8-10-17)6-5-15(2)3/h11H,4-10H2,1-3H3,(H,14,20)(H,18,19)/t11-/m0/s1. The number of amides is 2. The van der Waals surface area contributed by atoms with Crippen LogP contribution < -0.4 is 5.32 Å². The summed E-state index contributed by atoms with van der Waals surface area (Å²) >= 11 is 0. The highest BCUT2D eigenvalue weighted by atomic mass is 16.4. The van der Waals surface area contributed by atoms with Crippen LogP contribution in [-0.2, 0) is 4.79 Å². The highest BCUT2D eigenvalue weighted by molar-refractivity contribution is 5.82. The summed E-state index contributed by atoms with van der Waals surface area (Å²) in [5, 5.41) is 11.5. The fourth-order valence-corrected chi connectivity index (χ4v) is 2.09. The van der Waals surface area contributed by atoms with Crippen LogP contribution in [0.25, 0.3) is 0 Å². The quantitative estimate of drug-likeness (QED) is 0.703. The van der Waals surface area contributed by atoms with Gasteiger partial charge in [0.15, 0.2) is 0 Å². The van der Waals surface area contributed by atoms with Crippen LogP contribution in [0.5, 0.6) is 0 Å². The molecule has 2 amide bonds. The summed E-state index contributed by atoms with van der Waals surface area (Å²) in [6.07, 6.45) is 0.393. The Labute approximate surface area is 120 Å². The van der Waals surface area contributed by atoms with Gasteiger partial charge in [0, 0.05) is 39.3 Å². The monoisotopic (exact) mass is 286 g/mol. The van der Waals surface area contributed by atoms with E-state index in [-0.39, 0.29) is 6.03 Å². The Hall–Kier alpha value is -1.34. The lowest BCUT2D eigenvalue weighted by molar-refractivity contribution is -0.139. The number of hydrogen-bond acceptors (Lipinski definition) is 4. The zero-order chi connectivity index (χ0) is 15.1. The van der Waals surface area contributed by atoms with E-state index in [1.54, 1.807) is 11.8 Å². The fraction of sp³-hybridized carbons (Fsp3) is 0.846. The maximum absolute atomic E-state index is 12.0. The van der Waals surface area contributed by atoms with E-state index in [0.29, 0.717) is 19.5 Å². The van der Waals surface area contributed by atoms with Gasteiger partial charge in [-0.15, -0.1) is 0 Å². The van der Waals surface area contributed by atoms with E-state index in [4.69, 9.17) is 5.11 Å². The molecule has 1 rings (SSSR count). The second-order valence-corrected chi connectivity index (χ2v) is 5.38. The molecule has 0 bridgehead atoms. The molecular weight excluding hydrogens is 260 g/mol. The van der Waals surface area contributed by atoms with Gasteiger partial charge in [0.1, 0.15) is 6.04 Å². The number of nitrogens with zero attached hydrogens (tertiary/aromatic N) is 3. The number of carboxylic acid groups (broad SMARTS) is 1. The zero-order valence-electron chi connectivity index (χ0n) is 12.6. The molecule has 7 nitrogen and oxygen atoms in total. The van der Waals surface area contributed by atoms with Gasteiger partial charge < -0.3 is 20.2 Å². The lowest BCUT2D eigenvalue weighted by Gasteiger charge is -2.35. The molecule has 0 aliphatic carbocycles. The highest BCUT2D eigenvalue weighted by Crippen LogP contribution is 2.03. The first kappa shape index (κ1) is 16.7. The molecule has 1 fully saturated rings. The lowest BCUT2D eigenvalue weighted by atomic mass is 10.2. The predicted octanol–water partition coefficient (Wildman–Crippen LogP) is -0.262. The van der Waals surface area contributed by atoms with Gasteiger partial charge >= 0.3 is 12.0 Å². The number of aliphatic carboxylic acids is 1. The molecule has 7 heteroatoms. The molecule has 1 aliphatic heterocycles. The number of likely N-dealkylation sites (N-methyl/N-ethyl adjacent to an activating group) is 1. The second-order valence-electron chi connectivity index (χ2n) is 5.38. The van der Waals surface area contributed by atoms with Crippen molar-refractivity contribution in [3.8, 4) is 0 Å². The number of rotatable bonds is 6. The van der Waals surface area contributed by atoms with Crippen molar-refractivity contribution < 1.29 is 14.7 Å². The van der Waals surface area contributed by atoms with Crippen LogP contribution in [-0.4, -0.2) is 91.2 Å². The molecule has 0 unspecified atom stereocenters. The molecule has 0 aromatic heterocycles. The van der Waals surface area contributed by atoms with Crippen molar-refractivity contribution in [1.29, 1.82) is 0 Å². The third kappa shape index (κ3) is 5.34. The van der Waals surface area contributed by atoms with E-state index >= 15 is 0 Å². The minimum atomic E-state index is -0.981. The van der Waals surface area contributed by atoms with E-state index in [1.807, 2.05) is 14.1 Å². The Bertz CT molecular complexity index is 328. The van der Waals surface area contributed by atoms with Gasteiger partial charge in [0.05, 0.1) is 0 Å². The zero-order valence-corrected chi connectivity index (χ0v) is 12.6. The Morgan fingerprint density at radius 1 is 1.25 bits per heavy atom. The molecule has 1 heterocycles. The van der Waals surface area contributed by atoms with Crippen LogP contribution in [0.15, 0.2) is 0 Å². The number of carbonyl (C=O) groups excluding carboxylic acids is 1. The third-order valence-electron chi connectivity index (χ3n) is 3.53. The maximum atomic E-state index is 12.0. The normalized spacial score (nSPS) is 18.1. The first-order chi connectivity index (χ1) is 9.43. The summed E-state index contributed by atoms with van der Waals surface area (Å²) in [4.78, 5) is 29.0. The molecule has 0 spiro atoms. The molecular formula is C13H26N4O3. The predicted molar refractivity (Wildman–Crippen MR) is 76.8 cm³/mol. The summed E-state index contributed by atoms with van der Waals surface area (Å²) in [6, 6.07) is -1.07. The van der Waals surface area contributed by atoms with Crippen molar-refractivity contribution >= 4 is 12.0 Å². The van der Waals surface area contributed by atoms with Gasteiger partial charge in [-0.05, 0) is 20.5 Å². The number of nitrogens with one attached hydrogen (secondary N) is 1. The van der Waals surface area contributed by atoms with Gasteiger partial charge in [0.25, 0.3) is 0 Å². The van der Waals surface area contributed by atoms with Crippen LogP contribution in [0.4, 0.5) is 4.79 Å². The van der Waals surface area contributed by atoms with Crippen molar-refractivity contribution in [2.24, 2.45) is 0 Å². The Kier molecular flexibility index (Phi) is 6.74. The molecule has 0 radical (unpaired) electrons. The fourth-order valence-electron chi connectivity index (χ4n) is 2.09. The molecule has 116 valence electrons. The topological polar surface area (TPSA) is 76.1 Å². The van der Waals surface area contributed by atoms with Crippen molar-refractivity contribution in [3.63, 3.8) is 0 Å². The number of carbonyl (C=O) groups is 2. The Morgan fingerprint density at radius 2 is 1.85 bits per heavy atom. The molecule has 1 aliphatic rings. The molecule has 20 heavy (non-hydrogen) atoms. The van der Waals surface area contributed by atoms with Gasteiger partial charge in [0.2, 0.25) is 0 Å². The van der Waals surface area contributed by atoms with E-state index in [2.05, 4.69) is 15.1 Å². The van der Waals surface area contributed by atoms with E-state index < -0.39 is 12.0 Å². The molecule has 0 aromatic carbocycles. The van der Waals surface area contributed by atoms with Crippen molar-refractivity contribution in [1.82, 2.24) is 20.0 Å². The second kappa shape index (κ2) is 8.06. The van der Waals surface area contributed by atoms with Crippen molar-refractivity contribution in [3.05, 3.63) is 0 Å². The van der Waals surface area contributed by atoms with Gasteiger partial charge in [-0.3, -0.25) is 4.90 Å². The molecule has 0 aromatic rings. The third-order valence-corrected chi connectivity index (χ3v) is 3.53. The largest absolute Gasteiger partial charge is 0.480 e. The summed E-state index contributed by atoms with van der Waals surface area (Å²) < 4.78 is 0. The molecule has 2 N–H and O–H groups in total. The number of carboxylic acids is 1. The summed E-state index contributed by atoms with van der Waals surface area (Å²) in [5.41, 5.74) is 0. The minimum Gasteiger partial charge on any atom is -0.480 e. The number of piperazine rings is 1. The van der Waals surface area contributed by atoms with E-state index in [9.17, 15) is 9.59 Å². The summed E-state index contributed by atoms with van der Waals surface area (Å²) in [7, 11) is 4.08. The maximum Gasteiger partial charge on any atom is 0.326 e. The van der Waals surface area contributed by atoms with Gasteiger partial charge in [-0.1, -0.05) is 6.92 Å². The first-order valence-corrected chi connectivity index (χ1v) is 7.09. The lowest BCUT2D eigenvalue weighted by Crippen LogP contribution is -2.55. The number of hydrogen-bond donors (Lipinski definition) is 2. The summed E-state index contributed by atoms with van der Waals surface area (Å²) in [5.74, 6) is -0.981. The average Bonchev–Trinajstić information content (AvgIpc) is 2.42. The van der Waals surface area contributed by atoms with E-state index in [1.165, 1.54) is 0 Å². The van der Waals surface area contributed by atoms with Crippen molar-refractivity contribution in [2.75, 3.05) is 53.4 Å². The van der Waals surface area contributed by atoms with Crippen LogP contribution in [0.1, 0.15) is 13.3 Å². The number of urea groups is 1. The molecule has 0 saturated carbocycles.